The highest BCUT2D eigenvalue weighted by atomic mass is 16.5. The number of aromatic nitrogens is 1. The topological polar surface area (TPSA) is 110 Å². The van der Waals surface area contributed by atoms with Crippen LogP contribution in [0.3, 0.4) is 0 Å². The number of carbonyl (C=O) groups excluding carboxylic acids is 2. The SMILES string of the molecule is N=C(NC(=O)c1cccnc1)[C@@H]1CC[C@@H]2CN1C(=O)N2O. The number of amides is 3. The van der Waals surface area contributed by atoms with Crippen LogP contribution in [0, 0.1) is 5.41 Å². The Kier molecular flexibility index (Phi) is 3.30. The summed E-state index contributed by atoms with van der Waals surface area (Å²) in [6.45, 7) is 0.380. The zero-order chi connectivity index (χ0) is 15.0. The molecule has 3 heterocycles. The Morgan fingerprint density at radius 3 is 3.00 bits per heavy atom. The Labute approximate surface area is 120 Å². The van der Waals surface area contributed by atoms with Crippen molar-refractivity contribution in [3.05, 3.63) is 30.1 Å². The number of hydrogen-bond donors (Lipinski definition) is 3. The number of pyridine rings is 1. The van der Waals surface area contributed by atoms with Crippen LogP contribution in [0.25, 0.3) is 0 Å². The van der Waals surface area contributed by atoms with Crippen molar-refractivity contribution in [1.82, 2.24) is 20.3 Å². The van der Waals surface area contributed by atoms with Gasteiger partial charge in [0.1, 0.15) is 5.84 Å². The number of fused-ring (bicyclic) bond motifs is 2. The molecule has 2 aliphatic heterocycles. The minimum Gasteiger partial charge on any atom is -0.311 e. The van der Waals surface area contributed by atoms with E-state index in [2.05, 4.69) is 10.3 Å². The van der Waals surface area contributed by atoms with Gasteiger partial charge in [0, 0.05) is 18.9 Å². The number of hydrogen-bond acceptors (Lipinski definition) is 5. The lowest BCUT2D eigenvalue weighted by molar-refractivity contribution is -0.0583. The van der Waals surface area contributed by atoms with E-state index in [1.165, 1.54) is 11.1 Å². The third kappa shape index (κ3) is 2.33. The highest BCUT2D eigenvalue weighted by Crippen LogP contribution is 2.28. The first-order valence-electron chi connectivity index (χ1n) is 6.66. The van der Waals surface area contributed by atoms with Crippen LogP contribution in [-0.4, -0.2) is 56.6 Å². The third-order valence-electron chi connectivity index (χ3n) is 3.85. The fourth-order valence-corrected chi connectivity index (χ4v) is 2.73. The molecule has 2 aliphatic rings. The van der Waals surface area contributed by atoms with E-state index in [0.29, 0.717) is 24.9 Å². The summed E-state index contributed by atoms with van der Waals surface area (Å²) in [7, 11) is 0. The van der Waals surface area contributed by atoms with Crippen LogP contribution >= 0.6 is 0 Å². The minimum atomic E-state index is -0.511. The first-order chi connectivity index (χ1) is 10.1. The van der Waals surface area contributed by atoms with Gasteiger partial charge in [-0.1, -0.05) is 0 Å². The molecule has 0 spiro atoms. The predicted molar refractivity (Wildman–Crippen MR) is 72.0 cm³/mol. The lowest BCUT2D eigenvalue weighted by atomic mass is 10.00. The number of piperidine rings is 1. The van der Waals surface area contributed by atoms with E-state index in [0.717, 1.165) is 5.06 Å². The molecular formula is C13H15N5O3. The molecule has 110 valence electrons. The van der Waals surface area contributed by atoms with Gasteiger partial charge in [0.15, 0.2) is 0 Å². The lowest BCUT2D eigenvalue weighted by Crippen LogP contribution is -2.50. The molecule has 0 radical (unpaired) electrons. The molecule has 3 amide bonds. The van der Waals surface area contributed by atoms with Crippen LogP contribution in [0.2, 0.25) is 0 Å². The van der Waals surface area contributed by atoms with Gasteiger partial charge in [-0.05, 0) is 25.0 Å². The van der Waals surface area contributed by atoms with Gasteiger partial charge in [-0.25, -0.2) is 9.86 Å². The van der Waals surface area contributed by atoms with Crippen molar-refractivity contribution in [2.75, 3.05) is 6.54 Å². The summed E-state index contributed by atoms with van der Waals surface area (Å²) < 4.78 is 0. The highest BCUT2D eigenvalue weighted by molar-refractivity contribution is 6.07. The van der Waals surface area contributed by atoms with Gasteiger partial charge in [-0.2, -0.15) is 0 Å². The molecule has 0 unspecified atom stereocenters. The lowest BCUT2D eigenvalue weighted by Gasteiger charge is -2.30. The average Bonchev–Trinajstić information content (AvgIpc) is 2.73. The Balaban J connectivity index is 1.69. The number of hydroxylamine groups is 2. The van der Waals surface area contributed by atoms with Crippen molar-refractivity contribution in [3.8, 4) is 0 Å². The molecule has 8 heteroatoms. The van der Waals surface area contributed by atoms with Gasteiger partial charge in [0.25, 0.3) is 5.91 Å². The van der Waals surface area contributed by atoms with Gasteiger partial charge < -0.3 is 10.2 Å². The van der Waals surface area contributed by atoms with Gasteiger partial charge in [0.05, 0.1) is 17.6 Å². The monoisotopic (exact) mass is 289 g/mol. The second-order valence-corrected chi connectivity index (χ2v) is 5.14. The predicted octanol–water partition coefficient (Wildman–Crippen LogP) is 0.446. The summed E-state index contributed by atoms with van der Waals surface area (Å²) in [6.07, 6.45) is 4.12. The van der Waals surface area contributed by atoms with Crippen LogP contribution in [0.15, 0.2) is 24.5 Å². The van der Waals surface area contributed by atoms with E-state index in [4.69, 9.17) is 5.41 Å². The molecule has 2 bridgehead atoms. The molecule has 2 fully saturated rings. The van der Waals surface area contributed by atoms with E-state index in [1.807, 2.05) is 0 Å². The Morgan fingerprint density at radius 1 is 1.48 bits per heavy atom. The van der Waals surface area contributed by atoms with Crippen LogP contribution in [0.4, 0.5) is 4.79 Å². The number of nitrogens with zero attached hydrogens (tertiary/aromatic N) is 3. The number of rotatable bonds is 2. The maximum atomic E-state index is 12.0. The molecule has 2 saturated heterocycles. The van der Waals surface area contributed by atoms with Crippen LogP contribution in [0.1, 0.15) is 23.2 Å². The summed E-state index contributed by atoms with van der Waals surface area (Å²) in [6, 6.07) is 2.00. The smallest absolute Gasteiger partial charge is 0.311 e. The molecule has 1 aromatic heterocycles. The average molecular weight is 289 g/mol. The molecule has 3 rings (SSSR count). The van der Waals surface area contributed by atoms with E-state index in [-0.39, 0.29) is 11.9 Å². The summed E-state index contributed by atoms with van der Waals surface area (Å²) in [5, 5.41) is 20.8. The molecular weight excluding hydrogens is 274 g/mol. The minimum absolute atomic E-state index is 0.0362. The Bertz CT molecular complexity index is 591. The standard InChI is InChI=1S/C13H15N5O3/c14-11(16-12(19)8-2-1-5-15-6-8)10-4-3-9-7-17(10)13(20)18(9)21/h1-2,5-6,9-10,21H,3-4,7H2,(H2,14,16,19)/t9-,10+/m1/s1. The quantitative estimate of drug-likeness (QED) is 0.417. The van der Waals surface area contributed by atoms with Crippen molar-refractivity contribution in [1.29, 1.82) is 5.41 Å². The van der Waals surface area contributed by atoms with Gasteiger partial charge in [-0.15, -0.1) is 0 Å². The van der Waals surface area contributed by atoms with Crippen LogP contribution in [-0.2, 0) is 0 Å². The fourth-order valence-electron chi connectivity index (χ4n) is 2.73. The normalized spacial score (nSPS) is 24.1. The molecule has 2 atom stereocenters. The maximum Gasteiger partial charge on any atom is 0.344 e. The first-order valence-corrected chi connectivity index (χ1v) is 6.66. The van der Waals surface area contributed by atoms with Crippen LogP contribution in [0.5, 0.6) is 0 Å². The maximum absolute atomic E-state index is 12.0. The van der Waals surface area contributed by atoms with Crippen molar-refractivity contribution >= 4 is 17.8 Å². The van der Waals surface area contributed by atoms with E-state index < -0.39 is 18.0 Å². The fraction of sp³-hybridized carbons (Fsp3) is 0.385. The zero-order valence-corrected chi connectivity index (χ0v) is 11.2. The molecule has 8 nitrogen and oxygen atoms in total. The molecule has 0 aromatic carbocycles. The molecule has 0 saturated carbocycles. The third-order valence-corrected chi connectivity index (χ3v) is 3.85. The largest absolute Gasteiger partial charge is 0.344 e. The van der Waals surface area contributed by atoms with E-state index >= 15 is 0 Å². The van der Waals surface area contributed by atoms with Crippen molar-refractivity contribution in [3.63, 3.8) is 0 Å². The van der Waals surface area contributed by atoms with Crippen molar-refractivity contribution in [2.45, 2.75) is 24.9 Å². The van der Waals surface area contributed by atoms with Gasteiger partial charge in [-0.3, -0.25) is 20.4 Å². The van der Waals surface area contributed by atoms with Crippen molar-refractivity contribution in [2.24, 2.45) is 0 Å². The second kappa shape index (κ2) is 5.13. The van der Waals surface area contributed by atoms with Crippen LogP contribution < -0.4 is 5.32 Å². The van der Waals surface area contributed by atoms with Gasteiger partial charge in [0.2, 0.25) is 0 Å². The summed E-state index contributed by atoms with van der Waals surface area (Å²) in [5.74, 6) is -0.464. The first kappa shape index (κ1) is 13.5. The summed E-state index contributed by atoms with van der Waals surface area (Å²) in [4.78, 5) is 29.1. The summed E-state index contributed by atoms with van der Waals surface area (Å²) in [5.41, 5.74) is 0.354. The van der Waals surface area contributed by atoms with E-state index in [9.17, 15) is 14.8 Å². The van der Waals surface area contributed by atoms with Gasteiger partial charge >= 0.3 is 6.03 Å². The highest BCUT2D eigenvalue weighted by Gasteiger charge is 2.45. The zero-order valence-electron chi connectivity index (χ0n) is 11.2. The molecule has 0 aliphatic carbocycles. The Morgan fingerprint density at radius 2 is 2.29 bits per heavy atom. The molecule has 3 N–H and O–H groups in total. The second-order valence-electron chi connectivity index (χ2n) is 5.14. The molecule has 1 aromatic rings. The molecule has 21 heavy (non-hydrogen) atoms. The van der Waals surface area contributed by atoms with E-state index in [1.54, 1.807) is 18.3 Å². The Hall–Kier alpha value is -2.48. The number of carbonyl (C=O) groups is 2. The number of nitrogens with one attached hydrogen (secondary N) is 2. The van der Waals surface area contributed by atoms with Crippen molar-refractivity contribution < 1.29 is 14.8 Å². The summed E-state index contributed by atoms with van der Waals surface area (Å²) >= 11 is 0. The number of urea groups is 1. The number of amidine groups is 1.